The third-order valence-corrected chi connectivity index (χ3v) is 7.67. The first kappa shape index (κ1) is 26.0. The van der Waals surface area contributed by atoms with Gasteiger partial charge in [-0.25, -0.2) is 8.42 Å². The van der Waals surface area contributed by atoms with Crippen molar-refractivity contribution in [2.24, 2.45) is 0 Å². The van der Waals surface area contributed by atoms with Crippen LogP contribution in [0.15, 0.2) is 108 Å². The molecular formula is C30H30N2O4S. The molecule has 0 heterocycles. The first-order valence-electron chi connectivity index (χ1n) is 12.0. The maximum absolute atomic E-state index is 13.6. The number of nitrogens with zero attached hydrogens (tertiary/aromatic N) is 1. The fourth-order valence-electron chi connectivity index (χ4n) is 3.72. The number of carbonyl (C=O) groups is 1. The number of sulfonamides is 1. The molecule has 37 heavy (non-hydrogen) atoms. The van der Waals surface area contributed by atoms with E-state index in [0.29, 0.717) is 18.0 Å². The molecule has 0 saturated heterocycles. The van der Waals surface area contributed by atoms with Crippen LogP contribution in [-0.2, 0) is 27.9 Å². The van der Waals surface area contributed by atoms with E-state index < -0.39 is 10.0 Å². The van der Waals surface area contributed by atoms with E-state index in [9.17, 15) is 13.2 Å². The van der Waals surface area contributed by atoms with Gasteiger partial charge in [0.2, 0.25) is 0 Å². The van der Waals surface area contributed by atoms with E-state index >= 15 is 0 Å². The van der Waals surface area contributed by atoms with Gasteiger partial charge < -0.3 is 10.1 Å². The molecule has 4 rings (SSSR count). The van der Waals surface area contributed by atoms with Crippen LogP contribution >= 0.6 is 0 Å². The molecule has 0 aliphatic heterocycles. The summed E-state index contributed by atoms with van der Waals surface area (Å²) in [5.74, 6) is 0.235. The summed E-state index contributed by atoms with van der Waals surface area (Å²) in [6, 6.07) is 30.9. The van der Waals surface area contributed by atoms with Crippen LogP contribution in [0.1, 0.15) is 22.3 Å². The minimum Gasteiger partial charge on any atom is -0.484 e. The largest absolute Gasteiger partial charge is 0.484 e. The Kier molecular flexibility index (Phi) is 8.25. The first-order valence-corrected chi connectivity index (χ1v) is 13.4. The molecule has 0 fully saturated rings. The van der Waals surface area contributed by atoms with Crippen molar-refractivity contribution < 1.29 is 17.9 Å². The molecule has 0 unspecified atom stereocenters. The van der Waals surface area contributed by atoms with E-state index in [1.807, 2.05) is 68.4 Å². The predicted octanol–water partition coefficient (Wildman–Crippen LogP) is 5.39. The Balaban J connectivity index is 1.45. The van der Waals surface area contributed by atoms with Gasteiger partial charge in [0.15, 0.2) is 6.61 Å². The number of nitrogens with one attached hydrogen (secondary N) is 1. The van der Waals surface area contributed by atoms with Crippen LogP contribution in [0, 0.1) is 13.8 Å². The Labute approximate surface area is 218 Å². The number of benzene rings is 4. The number of carbonyl (C=O) groups excluding carboxylic acids is 1. The van der Waals surface area contributed by atoms with E-state index in [4.69, 9.17) is 4.74 Å². The number of anilines is 1. The second-order valence-corrected chi connectivity index (χ2v) is 10.7. The molecular weight excluding hydrogens is 484 g/mol. The van der Waals surface area contributed by atoms with Gasteiger partial charge in [0.05, 0.1) is 17.1 Å². The van der Waals surface area contributed by atoms with Gasteiger partial charge >= 0.3 is 0 Å². The highest BCUT2D eigenvalue weighted by molar-refractivity contribution is 7.92. The van der Waals surface area contributed by atoms with E-state index in [0.717, 1.165) is 22.3 Å². The van der Waals surface area contributed by atoms with Crippen molar-refractivity contribution in [2.75, 3.05) is 10.9 Å². The van der Waals surface area contributed by atoms with Crippen LogP contribution in [0.3, 0.4) is 0 Å². The maximum atomic E-state index is 13.6. The monoisotopic (exact) mass is 514 g/mol. The molecule has 0 aromatic heterocycles. The lowest BCUT2D eigenvalue weighted by atomic mass is 10.1. The number of rotatable bonds is 10. The van der Waals surface area contributed by atoms with Crippen LogP contribution in [0.2, 0.25) is 0 Å². The zero-order valence-electron chi connectivity index (χ0n) is 20.9. The summed E-state index contributed by atoms with van der Waals surface area (Å²) in [7, 11) is -3.82. The number of aryl methyl sites for hydroxylation is 2. The lowest BCUT2D eigenvalue weighted by Crippen LogP contribution is -2.30. The van der Waals surface area contributed by atoms with Crippen molar-refractivity contribution in [3.8, 4) is 5.75 Å². The number of amides is 1. The standard InChI is InChI=1S/C30H30N2O4S/c1-23-8-12-25(13-9-23)20-31-30(33)22-36-28-16-14-27(15-17-28)32(21-26-6-4-3-5-7-26)37(34,35)29-18-10-24(2)11-19-29/h3-19H,20-22H2,1-2H3,(H,31,33). The number of hydrogen-bond donors (Lipinski definition) is 1. The van der Waals surface area contributed by atoms with Gasteiger partial charge in [-0.05, 0) is 61.4 Å². The van der Waals surface area contributed by atoms with Gasteiger partial charge in [0.1, 0.15) is 5.75 Å². The van der Waals surface area contributed by atoms with Crippen molar-refractivity contribution in [1.29, 1.82) is 0 Å². The Morgan fingerprint density at radius 2 is 1.35 bits per heavy atom. The molecule has 4 aromatic rings. The molecule has 7 heteroatoms. The molecule has 0 saturated carbocycles. The van der Waals surface area contributed by atoms with Crippen molar-refractivity contribution in [1.82, 2.24) is 5.32 Å². The highest BCUT2D eigenvalue weighted by Crippen LogP contribution is 2.28. The average molecular weight is 515 g/mol. The summed E-state index contributed by atoms with van der Waals surface area (Å²) in [6.45, 7) is 4.39. The van der Waals surface area contributed by atoms with Crippen molar-refractivity contribution in [2.45, 2.75) is 31.8 Å². The minimum absolute atomic E-state index is 0.138. The maximum Gasteiger partial charge on any atom is 0.264 e. The SMILES string of the molecule is Cc1ccc(CNC(=O)COc2ccc(N(Cc3ccccc3)S(=O)(=O)c3ccc(C)cc3)cc2)cc1. The molecule has 0 bridgehead atoms. The summed E-state index contributed by atoms with van der Waals surface area (Å²) < 4.78 is 34.2. The third-order valence-electron chi connectivity index (χ3n) is 5.88. The summed E-state index contributed by atoms with van der Waals surface area (Å²) in [5.41, 5.74) is 4.52. The highest BCUT2D eigenvalue weighted by atomic mass is 32.2. The molecule has 4 aromatic carbocycles. The van der Waals surface area contributed by atoms with E-state index in [2.05, 4.69) is 5.32 Å². The van der Waals surface area contributed by atoms with Gasteiger partial charge in [-0.3, -0.25) is 9.10 Å². The van der Waals surface area contributed by atoms with Gasteiger partial charge in [-0.2, -0.15) is 0 Å². The Bertz CT molecular complexity index is 1420. The van der Waals surface area contributed by atoms with Crippen LogP contribution < -0.4 is 14.4 Å². The summed E-state index contributed by atoms with van der Waals surface area (Å²) >= 11 is 0. The lowest BCUT2D eigenvalue weighted by Gasteiger charge is -2.25. The predicted molar refractivity (Wildman–Crippen MR) is 146 cm³/mol. The van der Waals surface area contributed by atoms with E-state index in [-0.39, 0.29) is 24.0 Å². The second-order valence-electron chi connectivity index (χ2n) is 8.86. The van der Waals surface area contributed by atoms with Crippen LogP contribution in [0.5, 0.6) is 5.75 Å². The van der Waals surface area contributed by atoms with E-state index in [1.54, 1.807) is 48.5 Å². The van der Waals surface area contributed by atoms with E-state index in [1.165, 1.54) is 4.31 Å². The zero-order chi connectivity index (χ0) is 26.3. The Morgan fingerprint density at radius 3 is 1.97 bits per heavy atom. The quantitative estimate of drug-likeness (QED) is 0.308. The van der Waals surface area contributed by atoms with Gasteiger partial charge in [0, 0.05) is 6.54 Å². The van der Waals surface area contributed by atoms with Gasteiger partial charge in [-0.1, -0.05) is 77.9 Å². The number of hydrogen-bond acceptors (Lipinski definition) is 4. The van der Waals surface area contributed by atoms with Crippen LogP contribution in [-0.4, -0.2) is 20.9 Å². The summed E-state index contributed by atoms with van der Waals surface area (Å²) in [5, 5.41) is 2.84. The molecule has 0 aliphatic rings. The molecule has 1 N–H and O–H groups in total. The number of ether oxygens (including phenoxy) is 1. The lowest BCUT2D eigenvalue weighted by molar-refractivity contribution is -0.123. The topological polar surface area (TPSA) is 75.7 Å². The first-order chi connectivity index (χ1) is 17.8. The van der Waals surface area contributed by atoms with Crippen molar-refractivity contribution in [3.05, 3.63) is 125 Å². The smallest absolute Gasteiger partial charge is 0.264 e. The molecule has 0 radical (unpaired) electrons. The third kappa shape index (κ3) is 6.98. The normalized spacial score (nSPS) is 11.1. The van der Waals surface area contributed by atoms with Gasteiger partial charge in [0.25, 0.3) is 15.9 Å². The van der Waals surface area contributed by atoms with Crippen molar-refractivity contribution >= 4 is 21.6 Å². The van der Waals surface area contributed by atoms with Crippen molar-refractivity contribution in [3.63, 3.8) is 0 Å². The van der Waals surface area contributed by atoms with Gasteiger partial charge in [-0.15, -0.1) is 0 Å². The fourth-order valence-corrected chi connectivity index (χ4v) is 5.17. The summed E-state index contributed by atoms with van der Waals surface area (Å²) in [6.07, 6.45) is 0. The second kappa shape index (κ2) is 11.8. The van der Waals surface area contributed by atoms with Crippen LogP contribution in [0.4, 0.5) is 5.69 Å². The average Bonchev–Trinajstić information content (AvgIpc) is 2.91. The minimum atomic E-state index is -3.82. The molecule has 0 atom stereocenters. The molecule has 0 spiro atoms. The fraction of sp³-hybridized carbons (Fsp3) is 0.167. The zero-order valence-corrected chi connectivity index (χ0v) is 21.7. The Hall–Kier alpha value is -4.10. The van der Waals surface area contributed by atoms with Crippen LogP contribution in [0.25, 0.3) is 0 Å². The Morgan fingerprint density at radius 1 is 0.757 bits per heavy atom. The highest BCUT2D eigenvalue weighted by Gasteiger charge is 2.25. The molecule has 1 amide bonds. The molecule has 190 valence electrons. The molecule has 0 aliphatic carbocycles. The molecule has 6 nitrogen and oxygen atoms in total. The summed E-state index contributed by atoms with van der Waals surface area (Å²) in [4.78, 5) is 12.4.